The van der Waals surface area contributed by atoms with E-state index in [1.807, 2.05) is 48.5 Å². The van der Waals surface area contributed by atoms with E-state index in [4.69, 9.17) is 9.47 Å². The number of rotatable bonds is 12. The summed E-state index contributed by atoms with van der Waals surface area (Å²) in [6, 6.07) is 20.4. The predicted octanol–water partition coefficient (Wildman–Crippen LogP) is 3.10. The van der Waals surface area contributed by atoms with Crippen molar-refractivity contribution in [1.82, 2.24) is 4.90 Å². The van der Waals surface area contributed by atoms with Gasteiger partial charge < -0.3 is 14.6 Å². The van der Waals surface area contributed by atoms with Gasteiger partial charge in [-0.25, -0.2) is 0 Å². The van der Waals surface area contributed by atoms with Gasteiger partial charge >= 0.3 is 0 Å². The van der Waals surface area contributed by atoms with E-state index in [-0.39, 0.29) is 0 Å². The van der Waals surface area contributed by atoms with Crippen LogP contribution in [0.2, 0.25) is 0 Å². The number of hydrogen-bond donors (Lipinski definition) is 1. The molecule has 0 saturated carbocycles. The van der Waals surface area contributed by atoms with Crippen molar-refractivity contribution in [3.8, 4) is 0 Å². The Morgan fingerprint density at radius 1 is 0.960 bits per heavy atom. The second kappa shape index (κ2) is 11.8. The molecule has 1 atom stereocenters. The third-order valence-corrected chi connectivity index (χ3v) is 3.96. The maximum atomic E-state index is 10.3. The quantitative estimate of drug-likeness (QED) is 0.601. The molecule has 0 fully saturated rings. The zero-order valence-electron chi connectivity index (χ0n) is 15.0. The van der Waals surface area contributed by atoms with E-state index in [0.29, 0.717) is 19.8 Å². The minimum Gasteiger partial charge on any atom is -0.389 e. The van der Waals surface area contributed by atoms with Crippen LogP contribution in [-0.2, 0) is 22.6 Å². The lowest BCUT2D eigenvalue weighted by molar-refractivity contribution is 0.00739. The maximum absolute atomic E-state index is 10.3. The average molecular weight is 343 g/mol. The standard InChI is InChI=1S/C21H29NO3/c1-24-14-8-13-22(15-19-9-4-2-5-10-19)16-21(23)18-25-17-20-11-6-3-7-12-20/h2-7,9-12,21,23H,8,13-18H2,1H3. The van der Waals surface area contributed by atoms with Crippen LogP contribution in [-0.4, -0.2) is 49.5 Å². The lowest BCUT2D eigenvalue weighted by Gasteiger charge is -2.25. The molecule has 0 saturated heterocycles. The summed E-state index contributed by atoms with van der Waals surface area (Å²) in [6.07, 6.45) is 0.441. The summed E-state index contributed by atoms with van der Waals surface area (Å²) in [7, 11) is 1.72. The number of aliphatic hydroxyl groups is 1. The Morgan fingerprint density at radius 2 is 1.60 bits per heavy atom. The van der Waals surface area contributed by atoms with Crippen LogP contribution in [0.3, 0.4) is 0 Å². The number of benzene rings is 2. The van der Waals surface area contributed by atoms with Crippen molar-refractivity contribution in [1.29, 1.82) is 0 Å². The molecule has 4 heteroatoms. The highest BCUT2D eigenvalue weighted by molar-refractivity contribution is 5.14. The summed E-state index contributed by atoms with van der Waals surface area (Å²) in [6.45, 7) is 3.89. The zero-order chi connectivity index (χ0) is 17.7. The average Bonchev–Trinajstić information content (AvgIpc) is 2.63. The second-order valence-electron chi connectivity index (χ2n) is 6.22. The predicted molar refractivity (Wildman–Crippen MR) is 100 cm³/mol. The number of methoxy groups -OCH3 is 1. The SMILES string of the molecule is COCCCN(Cc1ccccc1)CC(O)COCc1ccccc1. The fourth-order valence-electron chi connectivity index (χ4n) is 2.75. The zero-order valence-corrected chi connectivity index (χ0v) is 15.0. The molecule has 0 aromatic heterocycles. The van der Waals surface area contributed by atoms with Gasteiger partial charge in [0.2, 0.25) is 0 Å². The topological polar surface area (TPSA) is 41.9 Å². The largest absolute Gasteiger partial charge is 0.389 e. The Morgan fingerprint density at radius 3 is 2.24 bits per heavy atom. The summed E-state index contributed by atoms with van der Waals surface area (Å²) in [4.78, 5) is 2.25. The van der Waals surface area contributed by atoms with Gasteiger partial charge in [-0.2, -0.15) is 0 Å². The first-order valence-electron chi connectivity index (χ1n) is 8.83. The molecule has 2 aromatic rings. The van der Waals surface area contributed by atoms with Crippen LogP contribution in [0.1, 0.15) is 17.5 Å². The summed E-state index contributed by atoms with van der Waals surface area (Å²) in [5.74, 6) is 0. The molecule has 0 spiro atoms. The van der Waals surface area contributed by atoms with Crippen molar-refractivity contribution >= 4 is 0 Å². The van der Waals surface area contributed by atoms with Crippen LogP contribution < -0.4 is 0 Å². The molecular weight excluding hydrogens is 314 g/mol. The normalized spacial score (nSPS) is 12.4. The Hall–Kier alpha value is -1.72. The van der Waals surface area contributed by atoms with Crippen LogP contribution in [0.4, 0.5) is 0 Å². The molecule has 1 unspecified atom stereocenters. The molecule has 0 aliphatic carbocycles. The van der Waals surface area contributed by atoms with E-state index >= 15 is 0 Å². The highest BCUT2D eigenvalue weighted by Gasteiger charge is 2.12. The van der Waals surface area contributed by atoms with Gasteiger partial charge in [0.1, 0.15) is 0 Å². The van der Waals surface area contributed by atoms with E-state index in [1.54, 1.807) is 7.11 Å². The first-order chi connectivity index (χ1) is 12.3. The molecular formula is C21H29NO3. The number of hydrogen-bond acceptors (Lipinski definition) is 4. The molecule has 2 aromatic carbocycles. The number of nitrogens with zero attached hydrogens (tertiary/aromatic N) is 1. The van der Waals surface area contributed by atoms with E-state index in [1.165, 1.54) is 5.56 Å². The Labute approximate surface area is 151 Å². The van der Waals surface area contributed by atoms with E-state index < -0.39 is 6.10 Å². The van der Waals surface area contributed by atoms with Crippen LogP contribution >= 0.6 is 0 Å². The maximum Gasteiger partial charge on any atom is 0.0900 e. The van der Waals surface area contributed by atoms with E-state index in [9.17, 15) is 5.11 Å². The Balaban J connectivity index is 1.77. The van der Waals surface area contributed by atoms with Gasteiger partial charge in [0, 0.05) is 33.4 Å². The molecule has 1 N–H and O–H groups in total. The van der Waals surface area contributed by atoms with Gasteiger partial charge in [-0.15, -0.1) is 0 Å². The third kappa shape index (κ3) is 8.27. The monoisotopic (exact) mass is 343 g/mol. The van der Waals surface area contributed by atoms with Crippen LogP contribution in [0.5, 0.6) is 0 Å². The molecule has 0 aliphatic heterocycles. The minimum absolute atomic E-state index is 0.338. The number of aliphatic hydroxyl groups excluding tert-OH is 1. The van der Waals surface area contributed by atoms with Crippen molar-refractivity contribution in [3.05, 3.63) is 71.8 Å². The smallest absolute Gasteiger partial charge is 0.0900 e. The highest BCUT2D eigenvalue weighted by atomic mass is 16.5. The highest BCUT2D eigenvalue weighted by Crippen LogP contribution is 2.07. The van der Waals surface area contributed by atoms with Gasteiger partial charge in [-0.3, -0.25) is 4.90 Å². The Bertz CT molecular complexity index is 562. The fraction of sp³-hybridized carbons (Fsp3) is 0.429. The summed E-state index contributed by atoms with van der Waals surface area (Å²) >= 11 is 0. The van der Waals surface area contributed by atoms with Gasteiger partial charge in [0.25, 0.3) is 0 Å². The second-order valence-corrected chi connectivity index (χ2v) is 6.22. The molecule has 136 valence electrons. The van der Waals surface area contributed by atoms with Crippen LogP contribution in [0, 0.1) is 0 Å². The molecule has 0 heterocycles. The van der Waals surface area contributed by atoms with Crippen molar-refractivity contribution in [3.63, 3.8) is 0 Å². The molecule has 0 aliphatic rings. The van der Waals surface area contributed by atoms with E-state index in [0.717, 1.165) is 31.7 Å². The number of ether oxygens (including phenoxy) is 2. The third-order valence-electron chi connectivity index (χ3n) is 3.96. The molecule has 25 heavy (non-hydrogen) atoms. The van der Waals surface area contributed by atoms with Crippen LogP contribution in [0.25, 0.3) is 0 Å². The van der Waals surface area contributed by atoms with Gasteiger partial charge in [0.05, 0.1) is 19.3 Å². The fourth-order valence-corrected chi connectivity index (χ4v) is 2.75. The molecule has 4 nitrogen and oxygen atoms in total. The molecule has 2 rings (SSSR count). The summed E-state index contributed by atoms with van der Waals surface area (Å²) in [5, 5.41) is 10.3. The molecule has 0 radical (unpaired) electrons. The van der Waals surface area contributed by atoms with Gasteiger partial charge in [-0.05, 0) is 17.5 Å². The lowest BCUT2D eigenvalue weighted by Crippen LogP contribution is -2.35. The first kappa shape index (κ1) is 19.6. The molecule has 0 bridgehead atoms. The minimum atomic E-state index is -0.505. The summed E-state index contributed by atoms with van der Waals surface area (Å²) < 4.78 is 10.8. The summed E-state index contributed by atoms with van der Waals surface area (Å²) in [5.41, 5.74) is 2.37. The van der Waals surface area contributed by atoms with Crippen molar-refractivity contribution in [2.24, 2.45) is 0 Å². The lowest BCUT2D eigenvalue weighted by atomic mass is 10.2. The van der Waals surface area contributed by atoms with Crippen LogP contribution in [0.15, 0.2) is 60.7 Å². The first-order valence-corrected chi connectivity index (χ1v) is 8.83. The van der Waals surface area contributed by atoms with Gasteiger partial charge in [0.15, 0.2) is 0 Å². The van der Waals surface area contributed by atoms with Gasteiger partial charge in [-0.1, -0.05) is 60.7 Å². The van der Waals surface area contributed by atoms with E-state index in [2.05, 4.69) is 17.0 Å². The van der Waals surface area contributed by atoms with Crippen molar-refractivity contribution in [2.75, 3.05) is 33.4 Å². The molecule has 0 amide bonds. The van der Waals surface area contributed by atoms with Crippen molar-refractivity contribution in [2.45, 2.75) is 25.7 Å². The van der Waals surface area contributed by atoms with Crippen molar-refractivity contribution < 1.29 is 14.6 Å². The Kier molecular flexibility index (Phi) is 9.23.